The summed E-state index contributed by atoms with van der Waals surface area (Å²) in [6.45, 7) is 3.56. The average molecular weight is 368 g/mol. The molecule has 26 heavy (non-hydrogen) atoms. The van der Waals surface area contributed by atoms with Gasteiger partial charge in [-0.2, -0.15) is 4.98 Å². The summed E-state index contributed by atoms with van der Waals surface area (Å²) in [5.41, 5.74) is 1.18. The fraction of sp³-hybridized carbons (Fsp3) is 0.316. The Morgan fingerprint density at radius 3 is 2.73 bits per heavy atom. The third-order valence-electron chi connectivity index (χ3n) is 4.69. The van der Waals surface area contributed by atoms with Crippen molar-refractivity contribution in [1.29, 1.82) is 0 Å². The quantitative estimate of drug-likeness (QED) is 0.765. The Balaban J connectivity index is 1.52. The fourth-order valence-electron chi connectivity index (χ4n) is 3.41. The molecule has 2 atom stereocenters. The van der Waals surface area contributed by atoms with E-state index in [0.29, 0.717) is 31.3 Å². The molecular formula is C19H20N4O2S. The maximum Gasteiger partial charge on any atom is 0.317 e. The van der Waals surface area contributed by atoms with Gasteiger partial charge in [0.15, 0.2) is 5.82 Å². The number of nitrogens with one attached hydrogen (secondary N) is 1. The van der Waals surface area contributed by atoms with E-state index in [0.717, 1.165) is 4.88 Å². The van der Waals surface area contributed by atoms with Crippen LogP contribution in [-0.4, -0.2) is 34.2 Å². The third kappa shape index (κ3) is 3.48. The molecule has 0 spiro atoms. The average Bonchev–Trinajstić information content (AvgIpc) is 3.40. The van der Waals surface area contributed by atoms with Crippen LogP contribution in [0.3, 0.4) is 0 Å². The first-order valence-corrected chi connectivity index (χ1v) is 9.49. The smallest absolute Gasteiger partial charge is 0.317 e. The van der Waals surface area contributed by atoms with E-state index in [2.05, 4.69) is 27.6 Å². The van der Waals surface area contributed by atoms with Crippen LogP contribution in [0.1, 0.15) is 34.0 Å². The number of amides is 2. The highest BCUT2D eigenvalue weighted by Crippen LogP contribution is 2.38. The Labute approximate surface area is 155 Å². The summed E-state index contributed by atoms with van der Waals surface area (Å²) in [7, 11) is 0. The minimum Gasteiger partial charge on any atom is -0.339 e. The number of rotatable bonds is 4. The van der Waals surface area contributed by atoms with E-state index in [9.17, 15) is 4.79 Å². The maximum atomic E-state index is 12.7. The molecule has 0 bridgehead atoms. The van der Waals surface area contributed by atoms with Crippen molar-refractivity contribution in [2.45, 2.75) is 25.3 Å². The number of carbonyl (C=O) groups is 1. The minimum absolute atomic E-state index is 0.00564. The molecule has 2 amide bonds. The molecule has 0 radical (unpaired) electrons. The highest BCUT2D eigenvalue weighted by atomic mass is 32.1. The summed E-state index contributed by atoms with van der Waals surface area (Å²) in [5, 5.41) is 8.94. The number of carbonyl (C=O) groups excluding carboxylic acids is 1. The van der Waals surface area contributed by atoms with Crippen LogP contribution in [0.5, 0.6) is 0 Å². The summed E-state index contributed by atoms with van der Waals surface area (Å²) in [6, 6.07) is 14.2. The highest BCUT2D eigenvalue weighted by molar-refractivity contribution is 7.09. The van der Waals surface area contributed by atoms with Crippen LogP contribution in [0, 0.1) is 6.92 Å². The van der Waals surface area contributed by atoms with Gasteiger partial charge < -0.3 is 14.7 Å². The molecule has 6 nitrogen and oxygen atoms in total. The Morgan fingerprint density at radius 1 is 1.23 bits per heavy atom. The van der Waals surface area contributed by atoms with Gasteiger partial charge >= 0.3 is 6.03 Å². The van der Waals surface area contributed by atoms with Gasteiger partial charge in [0.2, 0.25) is 5.89 Å². The van der Waals surface area contributed by atoms with Crippen molar-refractivity contribution in [3.63, 3.8) is 0 Å². The standard InChI is InChI=1S/C19H20N4O2S/c1-13-21-18(25-22-13)17-12-23(11-16(17)14-6-3-2-4-7-14)19(24)20-10-15-8-5-9-26-15/h2-9,16-17H,10-12H2,1H3,(H,20,24)/t16-,17+/m0/s1. The van der Waals surface area contributed by atoms with Crippen molar-refractivity contribution in [2.75, 3.05) is 13.1 Å². The largest absolute Gasteiger partial charge is 0.339 e. The molecule has 3 heterocycles. The molecule has 0 unspecified atom stereocenters. The Bertz CT molecular complexity index is 863. The third-order valence-corrected chi connectivity index (χ3v) is 5.57. The van der Waals surface area contributed by atoms with Crippen LogP contribution in [0.15, 0.2) is 52.4 Å². The second-order valence-corrected chi connectivity index (χ2v) is 7.48. The van der Waals surface area contributed by atoms with E-state index >= 15 is 0 Å². The van der Waals surface area contributed by atoms with Gasteiger partial charge in [0.05, 0.1) is 12.5 Å². The van der Waals surface area contributed by atoms with E-state index in [1.54, 1.807) is 11.3 Å². The molecule has 1 N–H and O–H groups in total. The normalized spacial score (nSPS) is 19.7. The maximum absolute atomic E-state index is 12.7. The lowest BCUT2D eigenvalue weighted by molar-refractivity contribution is 0.207. The Hall–Kier alpha value is -2.67. The first-order valence-electron chi connectivity index (χ1n) is 8.61. The van der Waals surface area contributed by atoms with E-state index in [1.165, 1.54) is 5.56 Å². The summed E-state index contributed by atoms with van der Waals surface area (Å²) in [5.74, 6) is 1.37. The van der Waals surface area contributed by atoms with Crippen LogP contribution >= 0.6 is 11.3 Å². The van der Waals surface area contributed by atoms with Gasteiger partial charge in [0.25, 0.3) is 0 Å². The van der Waals surface area contributed by atoms with Crippen molar-refractivity contribution in [3.05, 3.63) is 70.0 Å². The van der Waals surface area contributed by atoms with Gasteiger partial charge in [0, 0.05) is 23.9 Å². The monoisotopic (exact) mass is 368 g/mol. The van der Waals surface area contributed by atoms with Gasteiger partial charge in [-0.05, 0) is 23.9 Å². The Morgan fingerprint density at radius 2 is 2.04 bits per heavy atom. The van der Waals surface area contributed by atoms with E-state index in [-0.39, 0.29) is 17.9 Å². The van der Waals surface area contributed by atoms with Crippen LogP contribution in [-0.2, 0) is 6.54 Å². The lowest BCUT2D eigenvalue weighted by Gasteiger charge is -2.17. The predicted molar refractivity (Wildman–Crippen MR) is 99.1 cm³/mol. The molecule has 3 aromatic rings. The van der Waals surface area contributed by atoms with Crippen molar-refractivity contribution in [3.8, 4) is 0 Å². The van der Waals surface area contributed by atoms with Crippen LogP contribution < -0.4 is 5.32 Å². The molecule has 134 valence electrons. The number of urea groups is 1. The van der Waals surface area contributed by atoms with Crippen molar-refractivity contribution in [2.24, 2.45) is 0 Å². The van der Waals surface area contributed by atoms with Crippen molar-refractivity contribution >= 4 is 17.4 Å². The van der Waals surface area contributed by atoms with Crippen LogP contribution in [0.2, 0.25) is 0 Å². The molecule has 1 aliphatic rings. The summed E-state index contributed by atoms with van der Waals surface area (Å²) in [6.07, 6.45) is 0. The number of benzene rings is 1. The number of aromatic nitrogens is 2. The van der Waals surface area contributed by atoms with Crippen molar-refractivity contribution in [1.82, 2.24) is 20.4 Å². The first kappa shape index (κ1) is 16.8. The number of hydrogen-bond acceptors (Lipinski definition) is 5. The zero-order chi connectivity index (χ0) is 17.9. The van der Waals surface area contributed by atoms with Crippen LogP contribution in [0.25, 0.3) is 0 Å². The summed E-state index contributed by atoms with van der Waals surface area (Å²) < 4.78 is 5.43. The highest BCUT2D eigenvalue weighted by Gasteiger charge is 2.40. The van der Waals surface area contributed by atoms with E-state index in [1.807, 2.05) is 47.5 Å². The summed E-state index contributed by atoms with van der Waals surface area (Å²) in [4.78, 5) is 20.0. The summed E-state index contributed by atoms with van der Waals surface area (Å²) >= 11 is 1.64. The van der Waals surface area contributed by atoms with Gasteiger partial charge in [-0.1, -0.05) is 41.6 Å². The SMILES string of the molecule is Cc1noc([C@@H]2CN(C(=O)NCc3cccs3)C[C@H]2c2ccccc2)n1. The number of thiophene rings is 1. The number of aryl methyl sites for hydroxylation is 1. The Kier molecular flexibility index (Phi) is 4.71. The minimum atomic E-state index is -0.0573. The van der Waals surface area contributed by atoms with E-state index < -0.39 is 0 Å². The molecular weight excluding hydrogens is 348 g/mol. The van der Waals surface area contributed by atoms with E-state index in [4.69, 9.17) is 4.52 Å². The van der Waals surface area contributed by atoms with Gasteiger partial charge in [-0.3, -0.25) is 0 Å². The molecule has 1 saturated heterocycles. The number of hydrogen-bond donors (Lipinski definition) is 1. The number of likely N-dealkylation sites (tertiary alicyclic amines) is 1. The van der Waals surface area contributed by atoms with Crippen molar-refractivity contribution < 1.29 is 9.32 Å². The lowest BCUT2D eigenvalue weighted by Crippen LogP contribution is -2.38. The lowest BCUT2D eigenvalue weighted by atomic mass is 9.89. The molecule has 2 aromatic heterocycles. The topological polar surface area (TPSA) is 71.3 Å². The zero-order valence-corrected chi connectivity index (χ0v) is 15.3. The molecule has 7 heteroatoms. The molecule has 0 saturated carbocycles. The fourth-order valence-corrected chi connectivity index (χ4v) is 4.05. The number of nitrogens with zero attached hydrogens (tertiary/aromatic N) is 3. The first-order chi connectivity index (χ1) is 12.7. The zero-order valence-electron chi connectivity index (χ0n) is 14.5. The molecule has 1 aromatic carbocycles. The van der Waals surface area contributed by atoms with Crippen LogP contribution in [0.4, 0.5) is 4.79 Å². The van der Waals surface area contributed by atoms with Gasteiger partial charge in [0.1, 0.15) is 0 Å². The van der Waals surface area contributed by atoms with Gasteiger partial charge in [-0.15, -0.1) is 11.3 Å². The second-order valence-electron chi connectivity index (χ2n) is 6.45. The second kappa shape index (κ2) is 7.29. The molecule has 0 aliphatic carbocycles. The molecule has 1 aliphatic heterocycles. The van der Waals surface area contributed by atoms with Gasteiger partial charge in [-0.25, -0.2) is 4.79 Å². The molecule has 1 fully saturated rings. The predicted octanol–water partition coefficient (Wildman–Crippen LogP) is 3.53. The molecule has 4 rings (SSSR count).